The molecule has 162 valence electrons. The summed E-state index contributed by atoms with van der Waals surface area (Å²) in [5.74, 6) is -0.868. The number of hydrogen-bond donors (Lipinski definition) is 2. The Hall–Kier alpha value is -1.80. The number of carbonyl (C=O) groups is 2. The van der Waals surface area contributed by atoms with Crippen molar-refractivity contribution in [1.82, 2.24) is 5.32 Å². The second-order valence-electron chi connectivity index (χ2n) is 6.79. The molecule has 0 spiro atoms. The van der Waals surface area contributed by atoms with Gasteiger partial charge in [-0.05, 0) is 59.6 Å². The van der Waals surface area contributed by atoms with E-state index in [-0.39, 0.29) is 30.0 Å². The van der Waals surface area contributed by atoms with Crippen LogP contribution in [0.4, 0.5) is 0 Å². The number of methoxy groups -OCH3 is 1. The van der Waals surface area contributed by atoms with Crippen molar-refractivity contribution in [2.45, 2.75) is 39.0 Å². The molecule has 0 bridgehead atoms. The molecular formula is C21H22BrCl2NO5. The van der Waals surface area contributed by atoms with E-state index in [4.69, 9.17) is 32.7 Å². The van der Waals surface area contributed by atoms with E-state index in [2.05, 4.69) is 21.2 Å². The molecule has 0 aromatic heterocycles. The molecule has 0 radical (unpaired) electrons. The van der Waals surface area contributed by atoms with Crippen molar-refractivity contribution < 1.29 is 24.2 Å². The van der Waals surface area contributed by atoms with Crippen molar-refractivity contribution in [3.63, 3.8) is 0 Å². The lowest BCUT2D eigenvalue weighted by Gasteiger charge is -2.18. The van der Waals surface area contributed by atoms with Crippen LogP contribution >= 0.6 is 39.1 Å². The van der Waals surface area contributed by atoms with Gasteiger partial charge in [-0.15, -0.1) is 0 Å². The molecule has 0 saturated heterocycles. The van der Waals surface area contributed by atoms with Gasteiger partial charge >= 0.3 is 5.97 Å². The van der Waals surface area contributed by atoms with Gasteiger partial charge in [-0.1, -0.05) is 29.3 Å². The SMILES string of the molecule is COc1c(Br)cc(CC(OC(C)C)C(=O)O)cc1CNC(=O)c1ccc(Cl)cc1Cl. The quantitative estimate of drug-likeness (QED) is 0.481. The van der Waals surface area contributed by atoms with Crippen LogP contribution in [0.25, 0.3) is 0 Å². The Morgan fingerprint density at radius 2 is 1.90 bits per heavy atom. The van der Waals surface area contributed by atoms with E-state index < -0.39 is 12.1 Å². The number of carbonyl (C=O) groups excluding carboxylic acids is 1. The minimum atomic E-state index is -1.04. The molecule has 0 aliphatic heterocycles. The summed E-state index contributed by atoms with van der Waals surface area (Å²) >= 11 is 15.4. The molecule has 0 aliphatic carbocycles. The average molecular weight is 519 g/mol. The summed E-state index contributed by atoms with van der Waals surface area (Å²) in [6.45, 7) is 3.71. The van der Waals surface area contributed by atoms with Gasteiger partial charge in [0.1, 0.15) is 5.75 Å². The molecule has 1 unspecified atom stereocenters. The second-order valence-corrected chi connectivity index (χ2v) is 8.49. The third-order valence-electron chi connectivity index (χ3n) is 4.13. The largest absolute Gasteiger partial charge is 0.495 e. The standard InChI is InChI=1S/C21H22BrCl2NO5/c1-11(2)30-18(21(27)28)8-12-6-13(19(29-3)16(22)7-12)10-25-20(26)15-5-4-14(23)9-17(15)24/h4-7,9,11,18H,8,10H2,1-3H3,(H,25,26)(H,27,28). The normalized spacial score (nSPS) is 12.0. The Morgan fingerprint density at radius 3 is 2.47 bits per heavy atom. The van der Waals surface area contributed by atoms with Crippen LogP contribution in [0.3, 0.4) is 0 Å². The summed E-state index contributed by atoms with van der Waals surface area (Å²) in [6, 6.07) is 8.19. The van der Waals surface area contributed by atoms with Gasteiger partial charge in [0.25, 0.3) is 5.91 Å². The summed E-state index contributed by atoms with van der Waals surface area (Å²) in [6.07, 6.45) is -1.05. The fraction of sp³-hybridized carbons (Fsp3) is 0.333. The van der Waals surface area contributed by atoms with E-state index >= 15 is 0 Å². The molecule has 1 amide bonds. The van der Waals surface area contributed by atoms with Crippen molar-refractivity contribution >= 4 is 51.0 Å². The van der Waals surface area contributed by atoms with Gasteiger partial charge in [0, 0.05) is 23.6 Å². The second kappa shape index (κ2) is 11.0. The van der Waals surface area contributed by atoms with Crippen LogP contribution in [0.2, 0.25) is 10.0 Å². The first kappa shape index (κ1) is 24.5. The first-order valence-electron chi connectivity index (χ1n) is 9.09. The zero-order chi connectivity index (χ0) is 22.4. The maximum Gasteiger partial charge on any atom is 0.333 e. The lowest BCUT2D eigenvalue weighted by atomic mass is 10.0. The number of ether oxygens (including phenoxy) is 2. The van der Waals surface area contributed by atoms with Crippen LogP contribution in [-0.2, 0) is 22.5 Å². The van der Waals surface area contributed by atoms with E-state index in [1.807, 2.05) is 0 Å². The lowest BCUT2D eigenvalue weighted by Crippen LogP contribution is -2.29. The molecule has 2 rings (SSSR count). The maximum absolute atomic E-state index is 12.5. The molecule has 2 N–H and O–H groups in total. The number of hydrogen-bond acceptors (Lipinski definition) is 4. The van der Waals surface area contributed by atoms with Crippen LogP contribution in [-0.4, -0.2) is 36.3 Å². The average Bonchev–Trinajstić information content (AvgIpc) is 2.65. The maximum atomic E-state index is 12.5. The Kier molecular flexibility index (Phi) is 8.97. The Labute approximate surface area is 193 Å². The summed E-state index contributed by atoms with van der Waals surface area (Å²) in [5, 5.41) is 12.9. The van der Waals surface area contributed by atoms with Crippen molar-refractivity contribution in [2.24, 2.45) is 0 Å². The highest BCUT2D eigenvalue weighted by atomic mass is 79.9. The topological polar surface area (TPSA) is 84.9 Å². The number of nitrogens with one attached hydrogen (secondary N) is 1. The van der Waals surface area contributed by atoms with Crippen molar-refractivity contribution in [3.8, 4) is 5.75 Å². The molecule has 0 heterocycles. The predicted molar refractivity (Wildman–Crippen MR) is 120 cm³/mol. The third-order valence-corrected chi connectivity index (χ3v) is 5.27. The number of carboxylic acid groups (broad SMARTS) is 1. The smallest absolute Gasteiger partial charge is 0.333 e. The van der Waals surface area contributed by atoms with E-state index in [1.165, 1.54) is 13.2 Å². The number of rotatable bonds is 9. The molecule has 0 saturated carbocycles. The monoisotopic (exact) mass is 517 g/mol. The predicted octanol–water partition coefficient (Wildman–Crippen LogP) is 5.12. The molecule has 9 heteroatoms. The summed E-state index contributed by atoms with van der Waals surface area (Å²) < 4.78 is 11.6. The van der Waals surface area contributed by atoms with E-state index in [0.29, 0.717) is 26.4 Å². The first-order chi connectivity index (χ1) is 14.1. The van der Waals surface area contributed by atoms with E-state index in [9.17, 15) is 14.7 Å². The zero-order valence-corrected chi connectivity index (χ0v) is 19.8. The number of halogens is 3. The van der Waals surface area contributed by atoms with E-state index in [0.717, 1.165) is 5.56 Å². The van der Waals surface area contributed by atoms with Crippen LogP contribution in [0.1, 0.15) is 35.3 Å². The van der Waals surface area contributed by atoms with Crippen LogP contribution < -0.4 is 10.1 Å². The minimum absolute atomic E-state index is 0.149. The number of carboxylic acids is 1. The van der Waals surface area contributed by atoms with Crippen LogP contribution in [0, 0.1) is 0 Å². The highest BCUT2D eigenvalue weighted by molar-refractivity contribution is 9.10. The summed E-state index contributed by atoms with van der Waals surface area (Å²) in [5.41, 5.74) is 1.70. The van der Waals surface area contributed by atoms with Gasteiger partial charge in [0.05, 0.1) is 28.3 Å². The Morgan fingerprint density at radius 1 is 1.20 bits per heavy atom. The molecule has 2 aromatic carbocycles. The fourth-order valence-corrected chi connectivity index (χ4v) is 4.08. The zero-order valence-electron chi connectivity index (χ0n) is 16.7. The highest BCUT2D eigenvalue weighted by Gasteiger charge is 2.22. The molecule has 0 aliphatic rings. The molecule has 6 nitrogen and oxygen atoms in total. The fourth-order valence-electron chi connectivity index (χ4n) is 2.87. The van der Waals surface area contributed by atoms with Crippen molar-refractivity contribution in [3.05, 3.63) is 61.5 Å². The molecular weight excluding hydrogens is 497 g/mol. The van der Waals surface area contributed by atoms with Crippen molar-refractivity contribution in [2.75, 3.05) is 7.11 Å². The van der Waals surface area contributed by atoms with Gasteiger partial charge in [0.15, 0.2) is 6.10 Å². The lowest BCUT2D eigenvalue weighted by molar-refractivity contribution is -0.153. The van der Waals surface area contributed by atoms with Gasteiger partial charge < -0.3 is 19.9 Å². The van der Waals surface area contributed by atoms with E-state index in [1.54, 1.807) is 38.1 Å². The van der Waals surface area contributed by atoms with Crippen LogP contribution in [0.5, 0.6) is 5.75 Å². The van der Waals surface area contributed by atoms with Gasteiger partial charge in [-0.3, -0.25) is 4.79 Å². The number of amides is 1. The molecule has 0 fully saturated rings. The first-order valence-corrected chi connectivity index (χ1v) is 10.6. The van der Waals surface area contributed by atoms with Gasteiger partial charge in [0.2, 0.25) is 0 Å². The Balaban J connectivity index is 2.23. The molecule has 30 heavy (non-hydrogen) atoms. The minimum Gasteiger partial charge on any atom is -0.495 e. The highest BCUT2D eigenvalue weighted by Crippen LogP contribution is 2.31. The number of benzene rings is 2. The van der Waals surface area contributed by atoms with Crippen LogP contribution in [0.15, 0.2) is 34.8 Å². The molecule has 1 atom stereocenters. The Bertz CT molecular complexity index is 936. The molecule has 2 aromatic rings. The van der Waals surface area contributed by atoms with Gasteiger partial charge in [-0.2, -0.15) is 0 Å². The summed E-state index contributed by atoms with van der Waals surface area (Å²) in [7, 11) is 1.52. The number of aliphatic carboxylic acids is 1. The summed E-state index contributed by atoms with van der Waals surface area (Å²) in [4.78, 5) is 24.0. The van der Waals surface area contributed by atoms with Gasteiger partial charge in [-0.25, -0.2) is 4.79 Å². The third kappa shape index (κ3) is 6.60. The van der Waals surface area contributed by atoms with Crippen molar-refractivity contribution in [1.29, 1.82) is 0 Å².